The highest BCUT2D eigenvalue weighted by Crippen LogP contribution is 2.28. The van der Waals surface area contributed by atoms with E-state index >= 15 is 0 Å². The molecule has 4 heteroatoms. The minimum absolute atomic E-state index is 0.0606. The normalized spacial score (nSPS) is 10.3. The van der Waals surface area contributed by atoms with Crippen LogP contribution in [-0.4, -0.2) is 10.9 Å². The van der Waals surface area contributed by atoms with Crippen LogP contribution in [0.2, 0.25) is 0 Å². The van der Waals surface area contributed by atoms with Crippen molar-refractivity contribution in [3.05, 3.63) is 76.7 Å². The van der Waals surface area contributed by atoms with E-state index in [1.807, 2.05) is 60.0 Å². The van der Waals surface area contributed by atoms with Crippen molar-refractivity contribution in [2.45, 2.75) is 6.54 Å². The van der Waals surface area contributed by atoms with Gasteiger partial charge in [0.25, 0.3) is 5.91 Å². The van der Waals surface area contributed by atoms with Crippen molar-refractivity contribution in [3.63, 3.8) is 0 Å². The molecule has 0 aliphatic carbocycles. The Labute approximate surface area is 127 Å². The average Bonchev–Trinajstić information content (AvgIpc) is 3.04. The third-order valence-electron chi connectivity index (χ3n) is 3.11. The summed E-state index contributed by atoms with van der Waals surface area (Å²) in [7, 11) is 0. The summed E-state index contributed by atoms with van der Waals surface area (Å²) in [6.07, 6.45) is 1.72. The first-order chi connectivity index (χ1) is 10.3. The summed E-state index contributed by atoms with van der Waals surface area (Å²) in [5.41, 5.74) is 2.88. The van der Waals surface area contributed by atoms with Crippen LogP contribution >= 0.6 is 11.3 Å². The third-order valence-corrected chi connectivity index (χ3v) is 4.03. The van der Waals surface area contributed by atoms with Gasteiger partial charge in [-0.25, -0.2) is 0 Å². The molecule has 0 saturated carbocycles. The van der Waals surface area contributed by atoms with Crippen molar-refractivity contribution in [2.24, 2.45) is 0 Å². The highest BCUT2D eigenvalue weighted by Gasteiger charge is 2.14. The van der Waals surface area contributed by atoms with Gasteiger partial charge in [0.1, 0.15) is 0 Å². The van der Waals surface area contributed by atoms with Gasteiger partial charge in [0.05, 0.1) is 17.1 Å². The van der Waals surface area contributed by atoms with Gasteiger partial charge in [-0.15, -0.1) is 11.3 Å². The van der Waals surface area contributed by atoms with Crippen molar-refractivity contribution < 1.29 is 4.79 Å². The maximum absolute atomic E-state index is 12.3. The molecule has 3 aromatic rings. The number of carbonyl (C=O) groups excluding carboxylic acids is 1. The monoisotopic (exact) mass is 294 g/mol. The number of aromatic nitrogens is 1. The molecule has 0 aliphatic heterocycles. The first kappa shape index (κ1) is 13.5. The first-order valence-electron chi connectivity index (χ1n) is 6.65. The van der Waals surface area contributed by atoms with Gasteiger partial charge in [-0.05, 0) is 29.1 Å². The summed E-state index contributed by atoms with van der Waals surface area (Å²) in [6, 6.07) is 17.6. The van der Waals surface area contributed by atoms with E-state index in [9.17, 15) is 4.79 Å². The number of hydrogen-bond donors (Lipinski definition) is 1. The molecule has 0 saturated heterocycles. The highest BCUT2D eigenvalue weighted by molar-refractivity contribution is 7.12. The number of nitrogens with one attached hydrogen (secondary N) is 1. The van der Waals surface area contributed by atoms with Crippen molar-refractivity contribution in [3.8, 4) is 11.1 Å². The van der Waals surface area contributed by atoms with E-state index in [0.29, 0.717) is 6.54 Å². The number of thiophene rings is 1. The Morgan fingerprint density at radius 2 is 1.86 bits per heavy atom. The summed E-state index contributed by atoms with van der Waals surface area (Å²) in [5, 5.41) is 4.86. The molecule has 1 amide bonds. The van der Waals surface area contributed by atoms with Crippen molar-refractivity contribution >= 4 is 17.2 Å². The van der Waals surface area contributed by atoms with Gasteiger partial charge in [0, 0.05) is 11.8 Å². The second-order valence-electron chi connectivity index (χ2n) is 4.53. The fourth-order valence-corrected chi connectivity index (χ4v) is 2.92. The smallest absolute Gasteiger partial charge is 0.262 e. The van der Waals surface area contributed by atoms with Gasteiger partial charge in [-0.2, -0.15) is 0 Å². The van der Waals surface area contributed by atoms with Crippen LogP contribution in [0.15, 0.2) is 66.2 Å². The van der Waals surface area contributed by atoms with Gasteiger partial charge < -0.3 is 5.32 Å². The van der Waals surface area contributed by atoms with Crippen LogP contribution in [-0.2, 0) is 6.54 Å². The van der Waals surface area contributed by atoms with Crippen LogP contribution < -0.4 is 5.32 Å². The molecule has 1 N–H and O–H groups in total. The third kappa shape index (κ3) is 3.17. The lowest BCUT2D eigenvalue weighted by atomic mass is 10.1. The zero-order valence-corrected chi connectivity index (χ0v) is 12.1. The molecule has 104 valence electrons. The molecule has 2 aromatic heterocycles. The Balaban J connectivity index is 1.76. The van der Waals surface area contributed by atoms with E-state index < -0.39 is 0 Å². The largest absolute Gasteiger partial charge is 0.346 e. The van der Waals surface area contributed by atoms with E-state index in [2.05, 4.69) is 10.3 Å². The van der Waals surface area contributed by atoms with Gasteiger partial charge in [0.2, 0.25) is 0 Å². The number of carbonyl (C=O) groups is 1. The molecule has 0 atom stereocenters. The molecule has 3 nitrogen and oxygen atoms in total. The zero-order valence-electron chi connectivity index (χ0n) is 11.3. The minimum Gasteiger partial charge on any atom is -0.346 e. The van der Waals surface area contributed by atoms with Crippen molar-refractivity contribution in [1.29, 1.82) is 0 Å². The molecule has 1 aromatic carbocycles. The number of pyridine rings is 1. The van der Waals surface area contributed by atoms with E-state index in [1.165, 1.54) is 11.3 Å². The number of hydrogen-bond acceptors (Lipinski definition) is 3. The van der Waals surface area contributed by atoms with Gasteiger partial charge in [-0.1, -0.05) is 36.4 Å². The van der Waals surface area contributed by atoms with Crippen LogP contribution in [0.3, 0.4) is 0 Å². The molecule has 2 heterocycles. The molecule has 0 unspecified atom stereocenters. The molecule has 0 radical (unpaired) electrons. The molecule has 0 bridgehead atoms. The topological polar surface area (TPSA) is 42.0 Å². The summed E-state index contributed by atoms with van der Waals surface area (Å²) >= 11 is 1.46. The van der Waals surface area contributed by atoms with Gasteiger partial charge in [0.15, 0.2) is 0 Å². The fourth-order valence-electron chi connectivity index (χ4n) is 2.08. The van der Waals surface area contributed by atoms with Crippen LogP contribution in [0.5, 0.6) is 0 Å². The second-order valence-corrected chi connectivity index (χ2v) is 5.45. The number of benzene rings is 1. The first-order valence-corrected chi connectivity index (χ1v) is 7.53. The Morgan fingerprint density at radius 3 is 2.62 bits per heavy atom. The van der Waals surface area contributed by atoms with Crippen molar-refractivity contribution in [2.75, 3.05) is 0 Å². The minimum atomic E-state index is -0.0606. The zero-order chi connectivity index (χ0) is 14.5. The summed E-state index contributed by atoms with van der Waals surface area (Å²) in [5.74, 6) is -0.0606. The standard InChI is InChI=1S/C17H14N2OS/c20-17(19-12-14-8-4-5-10-18-14)16-15(9-11-21-16)13-6-2-1-3-7-13/h1-11H,12H2,(H,19,20). The highest BCUT2D eigenvalue weighted by atomic mass is 32.1. The predicted molar refractivity (Wildman–Crippen MR) is 85.2 cm³/mol. The number of nitrogens with zero attached hydrogens (tertiary/aromatic N) is 1. The average molecular weight is 294 g/mol. The van der Waals surface area contributed by atoms with Gasteiger partial charge in [-0.3, -0.25) is 9.78 Å². The summed E-state index contributed by atoms with van der Waals surface area (Å²) < 4.78 is 0. The van der Waals surface area contributed by atoms with Crippen LogP contribution in [0.1, 0.15) is 15.4 Å². The lowest BCUT2D eigenvalue weighted by Crippen LogP contribution is -2.22. The maximum Gasteiger partial charge on any atom is 0.262 e. The Bertz CT molecular complexity index is 723. The van der Waals surface area contributed by atoms with E-state index in [4.69, 9.17) is 0 Å². The fraction of sp³-hybridized carbons (Fsp3) is 0.0588. The number of rotatable bonds is 4. The summed E-state index contributed by atoms with van der Waals surface area (Å²) in [4.78, 5) is 17.3. The summed E-state index contributed by atoms with van der Waals surface area (Å²) in [6.45, 7) is 0.436. The van der Waals surface area contributed by atoms with E-state index in [-0.39, 0.29) is 5.91 Å². The van der Waals surface area contributed by atoms with Crippen molar-refractivity contribution in [1.82, 2.24) is 10.3 Å². The molecular formula is C17H14N2OS. The Morgan fingerprint density at radius 1 is 1.05 bits per heavy atom. The Hall–Kier alpha value is -2.46. The maximum atomic E-state index is 12.3. The Kier molecular flexibility index (Phi) is 4.07. The second kappa shape index (κ2) is 6.33. The van der Waals surface area contributed by atoms with E-state index in [1.54, 1.807) is 6.20 Å². The predicted octanol–water partition coefficient (Wildman–Crippen LogP) is 3.74. The molecule has 3 rings (SSSR count). The van der Waals surface area contributed by atoms with Crippen LogP contribution in [0, 0.1) is 0 Å². The lowest BCUT2D eigenvalue weighted by molar-refractivity contribution is 0.0955. The van der Waals surface area contributed by atoms with E-state index in [0.717, 1.165) is 21.7 Å². The number of amides is 1. The van der Waals surface area contributed by atoms with Crippen LogP contribution in [0.4, 0.5) is 0 Å². The molecule has 0 aliphatic rings. The SMILES string of the molecule is O=C(NCc1ccccn1)c1sccc1-c1ccccc1. The molecule has 0 fully saturated rings. The molecule has 0 spiro atoms. The van der Waals surface area contributed by atoms with Crippen LogP contribution in [0.25, 0.3) is 11.1 Å². The quantitative estimate of drug-likeness (QED) is 0.796. The van der Waals surface area contributed by atoms with Gasteiger partial charge >= 0.3 is 0 Å². The molecule has 21 heavy (non-hydrogen) atoms. The lowest BCUT2D eigenvalue weighted by Gasteiger charge is -2.06. The molecular weight excluding hydrogens is 280 g/mol.